The maximum atomic E-state index is 3.36. The van der Waals surface area contributed by atoms with E-state index < -0.39 is 0 Å². The van der Waals surface area contributed by atoms with Gasteiger partial charge in [-0.1, -0.05) is 0 Å². The molecule has 1 heterocycles. The van der Waals surface area contributed by atoms with Gasteiger partial charge in [-0.05, 0) is 0 Å². The minimum absolute atomic E-state index is 1.28. The fourth-order valence-electron chi connectivity index (χ4n) is 0.180. The van der Waals surface area contributed by atoms with Crippen LogP contribution in [0.1, 0.15) is 0 Å². The van der Waals surface area contributed by atoms with Crippen LogP contribution in [0.15, 0.2) is 15.5 Å². The Labute approximate surface area is 34.5 Å². The molecule has 0 saturated heterocycles. The molecule has 0 N–H and O–H groups in total. The van der Waals surface area contributed by atoms with Gasteiger partial charge in [0.15, 0.2) is 0 Å². The molecule has 0 aromatic heterocycles. The van der Waals surface area contributed by atoms with E-state index in [4.69, 9.17) is 0 Å². The van der Waals surface area contributed by atoms with E-state index >= 15 is 0 Å². The molecular formula is C2H3N4+. The molecule has 0 saturated carbocycles. The van der Waals surface area contributed by atoms with Crippen LogP contribution in [0.5, 0.6) is 0 Å². The average Bonchev–Trinajstić information content (AvgIpc) is 1.86. The summed E-state index contributed by atoms with van der Waals surface area (Å²) in [6.45, 7) is 3.36. The Bertz CT molecular complexity index is 108. The second kappa shape index (κ2) is 0.965. The molecule has 0 aromatic rings. The molecule has 0 bridgehead atoms. The molecular weight excluding hydrogens is 80.0 g/mol. The van der Waals surface area contributed by atoms with Crippen molar-refractivity contribution >= 4 is 13.1 Å². The summed E-state index contributed by atoms with van der Waals surface area (Å²) in [4.78, 5) is 0. The summed E-state index contributed by atoms with van der Waals surface area (Å²) in [6, 6.07) is 0. The van der Waals surface area contributed by atoms with Crippen molar-refractivity contribution in [2.24, 2.45) is 15.5 Å². The third-order valence-corrected chi connectivity index (χ3v) is 0.391. The molecule has 1 aliphatic rings. The Balaban J connectivity index is 2.86. The van der Waals surface area contributed by atoms with Crippen LogP contribution in [0.25, 0.3) is 0 Å². The zero-order valence-electron chi connectivity index (χ0n) is 3.07. The first-order valence-corrected chi connectivity index (χ1v) is 1.43. The smallest absolute Gasteiger partial charge is 0.116 e. The molecule has 30 valence electrons. The topological polar surface area (TPSA) is 40.1 Å². The van der Waals surface area contributed by atoms with Crippen molar-refractivity contribution in [2.45, 2.75) is 0 Å². The zero-order chi connectivity index (χ0) is 4.41. The number of hydrogen-bond donors (Lipinski definition) is 0. The Kier molecular flexibility index (Phi) is 0.506. The van der Waals surface area contributed by atoms with Gasteiger partial charge in [0.1, 0.15) is 10.3 Å². The lowest BCUT2D eigenvalue weighted by Gasteiger charge is -1.63. The fourth-order valence-corrected chi connectivity index (χ4v) is 0.180. The van der Waals surface area contributed by atoms with Crippen LogP contribution in [0.4, 0.5) is 0 Å². The fraction of sp³-hybridized carbons (Fsp3) is 0. The first-order chi connectivity index (χ1) is 2.89. The summed E-state index contributed by atoms with van der Waals surface area (Å²) in [5.41, 5.74) is 0. The Hall–Kier alpha value is -1.06. The van der Waals surface area contributed by atoms with Gasteiger partial charge in [-0.15, -0.1) is 4.68 Å². The molecule has 0 atom stereocenters. The van der Waals surface area contributed by atoms with Crippen molar-refractivity contribution in [2.75, 3.05) is 0 Å². The lowest BCUT2D eigenvalue weighted by atomic mass is 11.3. The molecule has 0 amide bonds. The van der Waals surface area contributed by atoms with Crippen LogP contribution >= 0.6 is 0 Å². The van der Waals surface area contributed by atoms with E-state index in [0.717, 1.165) is 0 Å². The van der Waals surface area contributed by atoms with Gasteiger partial charge in [-0.25, -0.2) is 0 Å². The summed E-state index contributed by atoms with van der Waals surface area (Å²) in [5.74, 6) is 0. The Morgan fingerprint density at radius 1 is 1.67 bits per heavy atom. The highest BCUT2D eigenvalue weighted by atomic mass is 15.6. The van der Waals surface area contributed by atoms with Gasteiger partial charge in [-0.2, -0.15) is 0 Å². The van der Waals surface area contributed by atoms with Crippen LogP contribution in [0.2, 0.25) is 0 Å². The van der Waals surface area contributed by atoms with Crippen molar-refractivity contribution in [3.8, 4) is 0 Å². The largest absolute Gasteiger partial charge is 0.294 e. The standard InChI is InChI=1S/C2H3N4/c1-6-2-3-4-5-6/h2H,1H2/q+1. The van der Waals surface area contributed by atoms with E-state index in [2.05, 4.69) is 22.3 Å². The predicted molar refractivity (Wildman–Crippen MR) is 20.7 cm³/mol. The summed E-state index contributed by atoms with van der Waals surface area (Å²) in [5, 5.41) is 9.94. The van der Waals surface area contributed by atoms with E-state index in [0.29, 0.717) is 0 Å². The monoisotopic (exact) mass is 83.0 g/mol. The maximum absolute atomic E-state index is 3.36. The van der Waals surface area contributed by atoms with Crippen molar-refractivity contribution in [1.82, 2.24) is 0 Å². The third-order valence-electron chi connectivity index (χ3n) is 0.391. The molecule has 4 heteroatoms. The summed E-state index contributed by atoms with van der Waals surface area (Å²) < 4.78 is 1.28. The Morgan fingerprint density at radius 3 is 2.67 bits per heavy atom. The second-order valence-corrected chi connectivity index (χ2v) is 0.849. The van der Waals surface area contributed by atoms with Crippen LogP contribution in [0, 0.1) is 0 Å². The first-order valence-electron chi connectivity index (χ1n) is 1.43. The van der Waals surface area contributed by atoms with Gasteiger partial charge in [-0.3, -0.25) is 0 Å². The molecule has 0 aliphatic carbocycles. The van der Waals surface area contributed by atoms with Crippen molar-refractivity contribution < 1.29 is 4.68 Å². The molecule has 4 nitrogen and oxygen atoms in total. The molecule has 0 fully saturated rings. The number of rotatable bonds is 0. The minimum atomic E-state index is 1.28. The first kappa shape index (κ1) is 3.14. The lowest BCUT2D eigenvalue weighted by molar-refractivity contribution is -0.395. The predicted octanol–water partition coefficient (Wildman–Crippen LogP) is 0.0236. The highest BCUT2D eigenvalue weighted by Crippen LogP contribution is 1.82. The lowest BCUT2D eigenvalue weighted by Crippen LogP contribution is -1.88. The van der Waals surface area contributed by atoms with Crippen LogP contribution in [-0.2, 0) is 0 Å². The summed E-state index contributed by atoms with van der Waals surface area (Å²) in [7, 11) is 0. The van der Waals surface area contributed by atoms with Crippen molar-refractivity contribution in [3.63, 3.8) is 0 Å². The molecule has 0 spiro atoms. The van der Waals surface area contributed by atoms with Crippen LogP contribution in [0.3, 0.4) is 0 Å². The van der Waals surface area contributed by atoms with E-state index in [1.165, 1.54) is 11.0 Å². The molecule has 0 aromatic carbocycles. The molecule has 1 aliphatic heterocycles. The van der Waals surface area contributed by atoms with Gasteiger partial charge in [0.2, 0.25) is 5.22 Å². The van der Waals surface area contributed by atoms with Crippen molar-refractivity contribution in [1.29, 1.82) is 0 Å². The highest BCUT2D eigenvalue weighted by Gasteiger charge is 1.95. The number of hydrogen-bond acceptors (Lipinski definition) is 3. The van der Waals surface area contributed by atoms with E-state index in [-0.39, 0.29) is 0 Å². The van der Waals surface area contributed by atoms with Gasteiger partial charge in [0.25, 0.3) is 6.34 Å². The Morgan fingerprint density at radius 2 is 2.50 bits per heavy atom. The third kappa shape index (κ3) is 0.314. The molecule has 0 unspecified atom stereocenters. The SMILES string of the molecule is C=[N+]1C=NN=N1. The van der Waals surface area contributed by atoms with Gasteiger partial charge in [0, 0.05) is 0 Å². The minimum Gasteiger partial charge on any atom is -0.116 e. The van der Waals surface area contributed by atoms with Gasteiger partial charge >= 0.3 is 0 Å². The van der Waals surface area contributed by atoms with Crippen LogP contribution in [-0.4, -0.2) is 17.7 Å². The number of nitrogens with zero attached hydrogens (tertiary/aromatic N) is 4. The van der Waals surface area contributed by atoms with E-state index in [1.54, 1.807) is 0 Å². The van der Waals surface area contributed by atoms with Gasteiger partial charge in [0.05, 0.1) is 6.72 Å². The zero-order valence-corrected chi connectivity index (χ0v) is 3.07. The molecule has 1 rings (SSSR count). The van der Waals surface area contributed by atoms with E-state index in [9.17, 15) is 0 Å². The van der Waals surface area contributed by atoms with Gasteiger partial charge < -0.3 is 0 Å². The molecule has 6 heavy (non-hydrogen) atoms. The maximum Gasteiger partial charge on any atom is 0.294 e. The van der Waals surface area contributed by atoms with E-state index in [1.807, 2.05) is 0 Å². The summed E-state index contributed by atoms with van der Waals surface area (Å²) in [6.07, 6.45) is 1.42. The van der Waals surface area contributed by atoms with Crippen LogP contribution < -0.4 is 0 Å². The second-order valence-electron chi connectivity index (χ2n) is 0.849. The molecule has 0 radical (unpaired) electrons. The summed E-state index contributed by atoms with van der Waals surface area (Å²) >= 11 is 0. The highest BCUT2D eigenvalue weighted by molar-refractivity contribution is 5.47. The quantitative estimate of drug-likeness (QED) is 0.370. The normalized spacial score (nSPS) is 17.0. The average molecular weight is 83.1 g/mol. The van der Waals surface area contributed by atoms with Crippen molar-refractivity contribution in [3.05, 3.63) is 0 Å².